The molecule has 0 radical (unpaired) electrons. The number of thioether (sulfide) groups is 1. The summed E-state index contributed by atoms with van der Waals surface area (Å²) in [5.74, 6) is 0.0691. The molecule has 0 spiro atoms. The van der Waals surface area contributed by atoms with E-state index in [2.05, 4.69) is 10.6 Å². The van der Waals surface area contributed by atoms with Crippen molar-refractivity contribution in [1.82, 2.24) is 5.32 Å². The maximum Gasteiger partial charge on any atom is 0.253 e. The van der Waals surface area contributed by atoms with Crippen LogP contribution < -0.4 is 10.6 Å². The van der Waals surface area contributed by atoms with Gasteiger partial charge >= 0.3 is 0 Å². The maximum absolute atomic E-state index is 12.7. The lowest BCUT2D eigenvalue weighted by Crippen LogP contribution is -2.44. The molecular formula is C19H20Cl2N2O2S. The largest absolute Gasteiger partial charge is 0.340 e. The van der Waals surface area contributed by atoms with Gasteiger partial charge in [-0.1, -0.05) is 41.4 Å². The van der Waals surface area contributed by atoms with Gasteiger partial charge in [-0.15, -0.1) is 0 Å². The minimum Gasteiger partial charge on any atom is -0.340 e. The summed E-state index contributed by atoms with van der Waals surface area (Å²) in [5.41, 5.74) is 1.86. The molecule has 0 aromatic heterocycles. The average Bonchev–Trinajstić information content (AvgIpc) is 2.61. The van der Waals surface area contributed by atoms with Crippen LogP contribution in [0.5, 0.6) is 0 Å². The lowest BCUT2D eigenvalue weighted by Gasteiger charge is -2.19. The summed E-state index contributed by atoms with van der Waals surface area (Å²) in [6, 6.07) is 11.4. The quantitative estimate of drug-likeness (QED) is 0.689. The third kappa shape index (κ3) is 5.66. The summed E-state index contributed by atoms with van der Waals surface area (Å²) in [6.45, 7) is 1.88. The van der Waals surface area contributed by atoms with Crippen molar-refractivity contribution in [1.29, 1.82) is 0 Å². The number of carbonyl (C=O) groups excluding carboxylic acids is 2. The number of nitrogens with one attached hydrogen (secondary N) is 2. The molecule has 2 rings (SSSR count). The van der Waals surface area contributed by atoms with Crippen LogP contribution >= 0.6 is 35.0 Å². The summed E-state index contributed by atoms with van der Waals surface area (Å²) in [5, 5.41) is 6.51. The molecule has 0 aliphatic carbocycles. The van der Waals surface area contributed by atoms with Crippen molar-refractivity contribution < 1.29 is 9.59 Å². The Kier molecular flexibility index (Phi) is 7.82. The van der Waals surface area contributed by atoms with E-state index in [1.165, 1.54) is 0 Å². The van der Waals surface area contributed by atoms with Crippen LogP contribution in [0.1, 0.15) is 22.3 Å². The van der Waals surface area contributed by atoms with Crippen LogP contribution in [0.4, 0.5) is 5.69 Å². The van der Waals surface area contributed by atoms with Crippen molar-refractivity contribution in [3.05, 3.63) is 63.6 Å². The van der Waals surface area contributed by atoms with E-state index in [-0.39, 0.29) is 11.8 Å². The number of amides is 2. The van der Waals surface area contributed by atoms with Crippen LogP contribution in [0.15, 0.2) is 42.5 Å². The molecule has 0 bridgehead atoms. The van der Waals surface area contributed by atoms with Crippen LogP contribution in [0.25, 0.3) is 0 Å². The maximum atomic E-state index is 12.7. The molecule has 1 unspecified atom stereocenters. The first kappa shape index (κ1) is 20.6. The molecule has 4 nitrogen and oxygen atoms in total. The fraction of sp³-hybridized carbons (Fsp3) is 0.263. The smallest absolute Gasteiger partial charge is 0.253 e. The summed E-state index contributed by atoms with van der Waals surface area (Å²) in [6.07, 6.45) is 2.45. The highest BCUT2D eigenvalue weighted by Crippen LogP contribution is 2.21. The third-order valence-corrected chi connectivity index (χ3v) is 5.02. The molecule has 138 valence electrons. The predicted molar refractivity (Wildman–Crippen MR) is 111 cm³/mol. The Hall–Kier alpha value is -1.69. The van der Waals surface area contributed by atoms with E-state index in [4.69, 9.17) is 23.2 Å². The van der Waals surface area contributed by atoms with Crippen molar-refractivity contribution >= 4 is 52.5 Å². The first-order chi connectivity index (χ1) is 12.4. The Labute approximate surface area is 167 Å². The minimum absolute atomic E-state index is 0.287. The van der Waals surface area contributed by atoms with Crippen molar-refractivity contribution in [3.8, 4) is 0 Å². The highest BCUT2D eigenvalue weighted by atomic mass is 35.5. The van der Waals surface area contributed by atoms with Gasteiger partial charge in [-0.2, -0.15) is 11.8 Å². The molecule has 0 aliphatic heterocycles. The van der Waals surface area contributed by atoms with Gasteiger partial charge in [0.1, 0.15) is 6.04 Å². The molecule has 2 amide bonds. The van der Waals surface area contributed by atoms with E-state index in [0.29, 0.717) is 27.7 Å². The molecule has 0 aliphatic rings. The molecule has 0 saturated heterocycles. The molecule has 0 fully saturated rings. The summed E-state index contributed by atoms with van der Waals surface area (Å²) >= 11 is 13.7. The van der Waals surface area contributed by atoms with E-state index in [9.17, 15) is 9.59 Å². The Morgan fingerprint density at radius 2 is 1.88 bits per heavy atom. The Morgan fingerprint density at radius 1 is 1.15 bits per heavy atom. The van der Waals surface area contributed by atoms with E-state index in [0.717, 1.165) is 11.3 Å². The first-order valence-electron chi connectivity index (χ1n) is 8.03. The fourth-order valence-corrected chi connectivity index (χ4v) is 3.20. The molecule has 2 aromatic rings. The minimum atomic E-state index is -0.676. The number of benzene rings is 2. The Morgan fingerprint density at radius 3 is 2.58 bits per heavy atom. The van der Waals surface area contributed by atoms with Gasteiger partial charge in [-0.05, 0) is 55.2 Å². The van der Waals surface area contributed by atoms with Crippen molar-refractivity contribution in [2.24, 2.45) is 0 Å². The van der Waals surface area contributed by atoms with Crippen molar-refractivity contribution in [3.63, 3.8) is 0 Å². The van der Waals surface area contributed by atoms with Crippen molar-refractivity contribution in [2.75, 3.05) is 17.3 Å². The Balaban J connectivity index is 2.15. The normalized spacial score (nSPS) is 11.7. The van der Waals surface area contributed by atoms with E-state index in [1.54, 1.807) is 48.2 Å². The zero-order chi connectivity index (χ0) is 19.1. The molecule has 0 saturated carbocycles. The second kappa shape index (κ2) is 9.86. The number of hydrogen-bond acceptors (Lipinski definition) is 3. The monoisotopic (exact) mass is 410 g/mol. The van der Waals surface area contributed by atoms with Crippen LogP contribution in [0.2, 0.25) is 10.0 Å². The first-order valence-corrected chi connectivity index (χ1v) is 10.2. The number of aryl methyl sites for hydroxylation is 1. The van der Waals surface area contributed by atoms with E-state index >= 15 is 0 Å². The van der Waals surface area contributed by atoms with Gasteiger partial charge in [0.25, 0.3) is 5.91 Å². The number of hydrogen-bond donors (Lipinski definition) is 2. The molecule has 1 atom stereocenters. The predicted octanol–water partition coefficient (Wildman–Crippen LogP) is 4.79. The van der Waals surface area contributed by atoms with Gasteiger partial charge in [-0.25, -0.2) is 0 Å². The third-order valence-electron chi connectivity index (χ3n) is 3.81. The fourth-order valence-electron chi connectivity index (χ4n) is 2.33. The number of carbonyl (C=O) groups is 2. The van der Waals surface area contributed by atoms with Crippen LogP contribution in [0.3, 0.4) is 0 Å². The SMILES string of the molecule is CSCCC(NC(=O)c1ccccc1Cl)C(=O)Nc1cc(Cl)ccc1C. The van der Waals surface area contributed by atoms with Gasteiger partial charge in [0.15, 0.2) is 0 Å². The molecule has 7 heteroatoms. The number of rotatable bonds is 7. The molecule has 26 heavy (non-hydrogen) atoms. The van der Waals surface area contributed by atoms with Crippen molar-refractivity contribution in [2.45, 2.75) is 19.4 Å². The van der Waals surface area contributed by atoms with Gasteiger partial charge in [0.05, 0.1) is 10.6 Å². The summed E-state index contributed by atoms with van der Waals surface area (Å²) in [7, 11) is 0. The number of halogens is 2. The average molecular weight is 411 g/mol. The standard InChI is InChI=1S/C19H20Cl2N2O2S/c1-12-7-8-13(20)11-17(12)23-19(25)16(9-10-26-2)22-18(24)14-5-3-4-6-15(14)21/h3-8,11,16H,9-10H2,1-2H3,(H,22,24)(H,23,25). The molecule has 2 aromatic carbocycles. The zero-order valence-corrected chi connectivity index (χ0v) is 16.8. The Bertz CT molecular complexity index is 799. The summed E-state index contributed by atoms with van der Waals surface area (Å²) < 4.78 is 0. The van der Waals surface area contributed by atoms with Gasteiger partial charge < -0.3 is 10.6 Å². The second-order valence-corrected chi connectivity index (χ2v) is 7.57. The topological polar surface area (TPSA) is 58.2 Å². The second-order valence-electron chi connectivity index (χ2n) is 5.74. The summed E-state index contributed by atoms with van der Waals surface area (Å²) in [4.78, 5) is 25.2. The number of anilines is 1. The van der Waals surface area contributed by atoms with Gasteiger partial charge in [-0.3, -0.25) is 9.59 Å². The van der Waals surface area contributed by atoms with E-state index in [1.807, 2.05) is 19.2 Å². The van der Waals surface area contributed by atoms with Gasteiger partial charge in [0, 0.05) is 10.7 Å². The molecular weight excluding hydrogens is 391 g/mol. The molecule has 2 N–H and O–H groups in total. The lowest BCUT2D eigenvalue weighted by atomic mass is 10.1. The van der Waals surface area contributed by atoms with Gasteiger partial charge in [0.2, 0.25) is 5.91 Å². The highest BCUT2D eigenvalue weighted by molar-refractivity contribution is 7.98. The molecule has 0 heterocycles. The zero-order valence-electron chi connectivity index (χ0n) is 14.5. The van der Waals surface area contributed by atoms with Crippen LogP contribution in [-0.4, -0.2) is 29.9 Å². The van der Waals surface area contributed by atoms with Crippen LogP contribution in [-0.2, 0) is 4.79 Å². The highest BCUT2D eigenvalue weighted by Gasteiger charge is 2.22. The lowest BCUT2D eigenvalue weighted by molar-refractivity contribution is -0.118. The van der Waals surface area contributed by atoms with E-state index < -0.39 is 6.04 Å². The van der Waals surface area contributed by atoms with Crippen LogP contribution in [0, 0.1) is 6.92 Å².